The molecule has 0 saturated heterocycles. The van der Waals surface area contributed by atoms with Crippen LogP contribution >= 0.6 is 0 Å². The second-order valence-electron chi connectivity index (χ2n) is 7.45. The summed E-state index contributed by atoms with van der Waals surface area (Å²) in [6, 6.07) is 13.4. The molecule has 9 nitrogen and oxygen atoms in total. The highest BCUT2D eigenvalue weighted by Crippen LogP contribution is 2.29. The van der Waals surface area contributed by atoms with Crippen LogP contribution in [0.2, 0.25) is 0 Å². The Kier molecular flexibility index (Phi) is 8.01. The highest BCUT2D eigenvalue weighted by atomic mass is 16.6. The van der Waals surface area contributed by atoms with Crippen molar-refractivity contribution in [3.05, 3.63) is 65.2 Å². The number of anilines is 1. The van der Waals surface area contributed by atoms with Crippen molar-refractivity contribution < 1.29 is 33.4 Å². The highest BCUT2D eigenvalue weighted by Gasteiger charge is 2.28. The first-order chi connectivity index (χ1) is 15.9. The van der Waals surface area contributed by atoms with Crippen molar-refractivity contribution >= 4 is 29.6 Å². The summed E-state index contributed by atoms with van der Waals surface area (Å²) in [7, 11) is 2.46. The van der Waals surface area contributed by atoms with Gasteiger partial charge in [-0.3, -0.25) is 14.5 Å². The van der Waals surface area contributed by atoms with E-state index in [0.717, 1.165) is 11.1 Å². The first kappa shape index (κ1) is 23.8. The number of carbonyl (C=O) groups is 4. The number of rotatable bonds is 8. The molecule has 0 saturated carbocycles. The van der Waals surface area contributed by atoms with Crippen molar-refractivity contribution in [2.24, 2.45) is 0 Å². The number of hydrogen-bond acceptors (Lipinski definition) is 7. The lowest BCUT2D eigenvalue weighted by molar-refractivity contribution is -0.144. The van der Waals surface area contributed by atoms with Gasteiger partial charge in [0.15, 0.2) is 0 Å². The van der Waals surface area contributed by atoms with E-state index in [9.17, 15) is 19.2 Å². The van der Waals surface area contributed by atoms with Crippen molar-refractivity contribution in [2.75, 3.05) is 25.7 Å². The van der Waals surface area contributed by atoms with Gasteiger partial charge in [0.1, 0.15) is 12.6 Å². The fourth-order valence-corrected chi connectivity index (χ4v) is 3.53. The van der Waals surface area contributed by atoms with Crippen LogP contribution in [-0.2, 0) is 36.8 Å². The number of nitrogens with zero attached hydrogens (tertiary/aromatic N) is 1. The van der Waals surface area contributed by atoms with Crippen molar-refractivity contribution in [2.45, 2.75) is 31.9 Å². The maximum Gasteiger partial charge on any atom is 0.414 e. The summed E-state index contributed by atoms with van der Waals surface area (Å²) >= 11 is 0. The SMILES string of the molecule is COC(=O)CC[C@H](NC(=O)c1ccc2c(c1)CCN2C(=O)OCc1ccccc1)C(=O)OC. The Bertz CT molecular complexity index is 1020. The van der Waals surface area contributed by atoms with Crippen LogP contribution in [0.4, 0.5) is 10.5 Å². The van der Waals surface area contributed by atoms with E-state index in [1.807, 2.05) is 30.3 Å². The monoisotopic (exact) mass is 454 g/mol. The summed E-state index contributed by atoms with van der Waals surface area (Å²) < 4.78 is 14.7. The van der Waals surface area contributed by atoms with Gasteiger partial charge >= 0.3 is 18.0 Å². The second kappa shape index (κ2) is 11.1. The molecule has 2 aromatic rings. The van der Waals surface area contributed by atoms with Crippen LogP contribution in [0.1, 0.15) is 34.3 Å². The van der Waals surface area contributed by atoms with Gasteiger partial charge in [-0.25, -0.2) is 9.59 Å². The minimum Gasteiger partial charge on any atom is -0.469 e. The van der Waals surface area contributed by atoms with Crippen molar-refractivity contribution in [3.8, 4) is 0 Å². The fraction of sp³-hybridized carbons (Fsp3) is 0.333. The maximum atomic E-state index is 12.7. The molecule has 1 atom stereocenters. The summed E-state index contributed by atoms with van der Waals surface area (Å²) in [5.41, 5.74) is 2.73. The zero-order valence-corrected chi connectivity index (χ0v) is 18.5. The van der Waals surface area contributed by atoms with Crippen LogP contribution in [-0.4, -0.2) is 50.7 Å². The van der Waals surface area contributed by atoms with Crippen LogP contribution in [0.15, 0.2) is 48.5 Å². The molecule has 9 heteroatoms. The number of benzene rings is 2. The summed E-state index contributed by atoms with van der Waals surface area (Å²) in [5, 5.41) is 2.60. The molecule has 2 aromatic carbocycles. The smallest absolute Gasteiger partial charge is 0.414 e. The van der Waals surface area contributed by atoms with Gasteiger partial charge in [0.05, 0.1) is 19.9 Å². The Balaban J connectivity index is 1.64. The molecule has 0 aromatic heterocycles. The van der Waals surface area contributed by atoms with Gasteiger partial charge in [0.2, 0.25) is 0 Å². The average molecular weight is 454 g/mol. The molecule has 0 spiro atoms. The van der Waals surface area contributed by atoms with Crippen molar-refractivity contribution in [3.63, 3.8) is 0 Å². The minimum atomic E-state index is -0.987. The van der Waals surface area contributed by atoms with Crippen molar-refractivity contribution in [1.29, 1.82) is 0 Å². The lowest BCUT2D eigenvalue weighted by Crippen LogP contribution is -2.41. The molecule has 33 heavy (non-hydrogen) atoms. The van der Waals surface area contributed by atoms with Crippen molar-refractivity contribution in [1.82, 2.24) is 5.32 Å². The molecule has 1 N–H and O–H groups in total. The number of hydrogen-bond donors (Lipinski definition) is 1. The first-order valence-electron chi connectivity index (χ1n) is 10.5. The molecule has 0 bridgehead atoms. The zero-order valence-electron chi connectivity index (χ0n) is 18.5. The van der Waals surface area contributed by atoms with Crippen LogP contribution < -0.4 is 10.2 Å². The number of ether oxygens (including phenoxy) is 3. The third-order valence-corrected chi connectivity index (χ3v) is 5.32. The number of carbonyl (C=O) groups excluding carboxylic acids is 4. The molecular weight excluding hydrogens is 428 g/mol. The molecule has 1 aliphatic rings. The van der Waals surface area contributed by atoms with E-state index in [4.69, 9.17) is 9.47 Å². The number of nitrogens with one attached hydrogen (secondary N) is 1. The Morgan fingerprint density at radius 1 is 1.03 bits per heavy atom. The van der Waals surface area contributed by atoms with Crippen LogP contribution in [0, 0.1) is 0 Å². The molecule has 2 amide bonds. The van der Waals surface area contributed by atoms with Crippen LogP contribution in [0.5, 0.6) is 0 Å². The molecular formula is C24H26N2O7. The van der Waals surface area contributed by atoms with E-state index >= 15 is 0 Å². The number of amides is 2. The van der Waals surface area contributed by atoms with E-state index in [0.29, 0.717) is 24.2 Å². The van der Waals surface area contributed by atoms with E-state index in [-0.39, 0.29) is 19.4 Å². The van der Waals surface area contributed by atoms with Gasteiger partial charge < -0.3 is 19.5 Å². The third kappa shape index (κ3) is 6.09. The molecule has 1 aliphatic heterocycles. The van der Waals surface area contributed by atoms with E-state index < -0.39 is 30.0 Å². The van der Waals surface area contributed by atoms with E-state index in [2.05, 4.69) is 10.1 Å². The van der Waals surface area contributed by atoms with E-state index in [1.54, 1.807) is 18.2 Å². The van der Waals surface area contributed by atoms with Gasteiger partial charge in [0.25, 0.3) is 5.91 Å². The largest absolute Gasteiger partial charge is 0.469 e. The molecule has 0 radical (unpaired) electrons. The lowest BCUT2D eigenvalue weighted by Gasteiger charge is -2.18. The normalized spacial score (nSPS) is 13.0. The van der Waals surface area contributed by atoms with Gasteiger partial charge in [0, 0.05) is 18.5 Å². The number of fused-ring (bicyclic) bond motifs is 1. The molecule has 174 valence electrons. The Labute approximate surface area is 191 Å². The zero-order chi connectivity index (χ0) is 23.8. The Hall–Kier alpha value is -3.88. The quantitative estimate of drug-likeness (QED) is 0.482. The summed E-state index contributed by atoms with van der Waals surface area (Å²) in [6.45, 7) is 0.616. The summed E-state index contributed by atoms with van der Waals surface area (Å²) in [4.78, 5) is 50.2. The summed E-state index contributed by atoms with van der Waals surface area (Å²) in [6.07, 6.45) is 0.126. The van der Waals surface area contributed by atoms with Crippen LogP contribution in [0.25, 0.3) is 0 Å². The van der Waals surface area contributed by atoms with Gasteiger partial charge in [-0.05, 0) is 42.2 Å². The average Bonchev–Trinajstić information content (AvgIpc) is 3.28. The van der Waals surface area contributed by atoms with Gasteiger partial charge in [-0.2, -0.15) is 0 Å². The molecule has 1 heterocycles. The minimum absolute atomic E-state index is 0.0409. The van der Waals surface area contributed by atoms with E-state index in [1.165, 1.54) is 19.1 Å². The topological polar surface area (TPSA) is 111 Å². The second-order valence-corrected chi connectivity index (χ2v) is 7.45. The Morgan fingerprint density at radius 2 is 1.79 bits per heavy atom. The number of esters is 2. The third-order valence-electron chi connectivity index (χ3n) is 5.32. The number of methoxy groups -OCH3 is 2. The molecule has 0 aliphatic carbocycles. The fourth-order valence-electron chi connectivity index (χ4n) is 3.53. The predicted octanol–water partition coefficient (Wildman–Crippen LogP) is 2.61. The molecule has 0 fully saturated rings. The summed E-state index contributed by atoms with van der Waals surface area (Å²) in [5.74, 6) is -1.63. The first-order valence-corrected chi connectivity index (χ1v) is 10.5. The maximum absolute atomic E-state index is 12.7. The standard InChI is InChI=1S/C24H26N2O7/c1-31-21(27)11-9-19(23(29)32-2)25-22(28)18-8-10-20-17(14-18)12-13-26(20)24(30)33-15-16-6-4-3-5-7-16/h3-8,10,14,19H,9,11-13,15H2,1-2H3,(H,25,28)/t19-/m0/s1. The van der Waals surface area contributed by atoms with Gasteiger partial charge in [-0.1, -0.05) is 30.3 Å². The highest BCUT2D eigenvalue weighted by molar-refractivity contribution is 5.98. The predicted molar refractivity (Wildman–Crippen MR) is 119 cm³/mol. The van der Waals surface area contributed by atoms with Crippen LogP contribution in [0.3, 0.4) is 0 Å². The lowest BCUT2D eigenvalue weighted by atomic mass is 10.1. The molecule has 3 rings (SSSR count). The van der Waals surface area contributed by atoms with Gasteiger partial charge in [-0.15, -0.1) is 0 Å². The Morgan fingerprint density at radius 3 is 2.48 bits per heavy atom. The molecule has 0 unspecified atom stereocenters.